The van der Waals surface area contributed by atoms with Crippen molar-refractivity contribution in [3.63, 3.8) is 0 Å². The molecule has 0 spiro atoms. The van der Waals surface area contributed by atoms with E-state index in [0.717, 1.165) is 44.1 Å². The van der Waals surface area contributed by atoms with Gasteiger partial charge in [0, 0.05) is 25.6 Å². The van der Waals surface area contributed by atoms with Gasteiger partial charge in [0.1, 0.15) is 16.8 Å². The van der Waals surface area contributed by atoms with Gasteiger partial charge in [-0.3, -0.25) is 0 Å². The van der Waals surface area contributed by atoms with E-state index < -0.39 is 0 Å². The van der Waals surface area contributed by atoms with Crippen LogP contribution in [-0.4, -0.2) is 29.7 Å². The van der Waals surface area contributed by atoms with E-state index in [1.165, 1.54) is 0 Å². The van der Waals surface area contributed by atoms with E-state index in [-0.39, 0.29) is 0 Å². The van der Waals surface area contributed by atoms with E-state index >= 15 is 0 Å². The van der Waals surface area contributed by atoms with Gasteiger partial charge in [-0.2, -0.15) is 0 Å². The van der Waals surface area contributed by atoms with E-state index in [0.29, 0.717) is 11.8 Å². The molecule has 1 aromatic rings. The van der Waals surface area contributed by atoms with Crippen LogP contribution in [0.15, 0.2) is 6.07 Å². The first-order chi connectivity index (χ1) is 8.26. The third kappa shape index (κ3) is 5.84. The highest BCUT2D eigenvalue weighted by molar-refractivity contribution is 6.29. The first-order valence-corrected chi connectivity index (χ1v) is 6.49. The average Bonchev–Trinajstić information content (AvgIpc) is 2.33. The molecule has 1 aromatic heterocycles. The molecule has 1 rings (SSSR count). The molecule has 5 heteroatoms. The van der Waals surface area contributed by atoms with E-state index in [9.17, 15) is 0 Å². The van der Waals surface area contributed by atoms with Crippen LogP contribution in [0.25, 0.3) is 0 Å². The van der Waals surface area contributed by atoms with E-state index in [1.807, 2.05) is 6.92 Å². The lowest BCUT2D eigenvalue weighted by atomic mass is 10.4. The van der Waals surface area contributed by atoms with Gasteiger partial charge < -0.3 is 10.1 Å². The Labute approximate surface area is 108 Å². The minimum atomic E-state index is 0.478. The van der Waals surface area contributed by atoms with Crippen LogP contribution >= 0.6 is 11.6 Å². The van der Waals surface area contributed by atoms with Gasteiger partial charge in [-0.1, -0.05) is 31.9 Å². The number of unbranched alkanes of at least 4 members (excludes halogenated alkanes) is 1. The maximum Gasteiger partial charge on any atom is 0.134 e. The number of nitrogens with one attached hydrogen (secondary N) is 1. The predicted octanol–water partition coefficient (Wildman–Crippen LogP) is 2.92. The Morgan fingerprint density at radius 2 is 2.12 bits per heavy atom. The molecule has 0 fully saturated rings. The Balaban J connectivity index is 2.28. The maximum absolute atomic E-state index is 5.89. The van der Waals surface area contributed by atoms with Gasteiger partial charge in [0.2, 0.25) is 0 Å². The van der Waals surface area contributed by atoms with Crippen molar-refractivity contribution in [2.24, 2.45) is 0 Å². The van der Waals surface area contributed by atoms with Gasteiger partial charge in [-0.05, 0) is 6.42 Å². The number of aromatic nitrogens is 2. The molecule has 0 atom stereocenters. The molecule has 0 aliphatic carbocycles. The van der Waals surface area contributed by atoms with Gasteiger partial charge >= 0.3 is 0 Å². The first-order valence-electron chi connectivity index (χ1n) is 6.11. The Hall–Kier alpha value is -0.870. The molecule has 0 aromatic carbocycles. The molecule has 4 nitrogen and oxygen atoms in total. The lowest BCUT2D eigenvalue weighted by Crippen LogP contribution is -2.11. The highest BCUT2D eigenvalue weighted by atomic mass is 35.5. The van der Waals surface area contributed by atoms with Crippen molar-refractivity contribution in [2.75, 3.05) is 25.1 Å². The number of anilines is 1. The summed E-state index contributed by atoms with van der Waals surface area (Å²) in [6.45, 7) is 6.40. The molecular formula is C12H20ClN3O. The van der Waals surface area contributed by atoms with E-state index in [1.54, 1.807) is 6.07 Å². The third-order valence-electron chi connectivity index (χ3n) is 2.25. The topological polar surface area (TPSA) is 47.0 Å². The Morgan fingerprint density at radius 1 is 1.29 bits per heavy atom. The van der Waals surface area contributed by atoms with Crippen molar-refractivity contribution >= 4 is 17.4 Å². The fraction of sp³-hybridized carbons (Fsp3) is 0.667. The van der Waals surface area contributed by atoms with Crippen LogP contribution in [0.1, 0.15) is 32.5 Å². The minimum absolute atomic E-state index is 0.478. The van der Waals surface area contributed by atoms with Gasteiger partial charge in [-0.25, -0.2) is 9.97 Å². The summed E-state index contributed by atoms with van der Waals surface area (Å²) in [4.78, 5) is 8.43. The third-order valence-corrected chi connectivity index (χ3v) is 2.45. The molecule has 0 bridgehead atoms. The molecule has 0 amide bonds. The Morgan fingerprint density at radius 3 is 2.82 bits per heavy atom. The van der Waals surface area contributed by atoms with Crippen molar-refractivity contribution in [3.8, 4) is 0 Å². The van der Waals surface area contributed by atoms with Crippen molar-refractivity contribution in [2.45, 2.75) is 33.1 Å². The normalized spacial score (nSPS) is 10.5. The average molecular weight is 258 g/mol. The standard InChI is InChI=1S/C12H20ClN3O/c1-3-5-7-17-8-6-14-12-9-10(13)15-11(4-2)16-12/h9H,3-8H2,1-2H3,(H,14,15,16). The lowest BCUT2D eigenvalue weighted by Gasteiger charge is -2.07. The van der Waals surface area contributed by atoms with Gasteiger partial charge in [0.05, 0.1) is 6.61 Å². The predicted molar refractivity (Wildman–Crippen MR) is 70.6 cm³/mol. The monoisotopic (exact) mass is 257 g/mol. The number of hydrogen-bond donors (Lipinski definition) is 1. The van der Waals surface area contributed by atoms with Gasteiger partial charge in [-0.15, -0.1) is 0 Å². The zero-order chi connectivity index (χ0) is 12.5. The zero-order valence-electron chi connectivity index (χ0n) is 10.5. The summed E-state index contributed by atoms with van der Waals surface area (Å²) >= 11 is 5.89. The number of rotatable bonds is 8. The summed E-state index contributed by atoms with van der Waals surface area (Å²) in [5, 5.41) is 3.65. The molecule has 0 aliphatic rings. The van der Waals surface area contributed by atoms with Crippen LogP contribution < -0.4 is 5.32 Å². The van der Waals surface area contributed by atoms with Crippen molar-refractivity contribution < 1.29 is 4.74 Å². The summed E-state index contributed by atoms with van der Waals surface area (Å²) in [5.41, 5.74) is 0. The number of nitrogens with zero attached hydrogens (tertiary/aromatic N) is 2. The van der Waals surface area contributed by atoms with E-state index in [2.05, 4.69) is 22.2 Å². The molecule has 1 heterocycles. The van der Waals surface area contributed by atoms with Crippen LogP contribution in [0.2, 0.25) is 5.15 Å². The van der Waals surface area contributed by atoms with Crippen molar-refractivity contribution in [3.05, 3.63) is 17.0 Å². The van der Waals surface area contributed by atoms with Crippen molar-refractivity contribution in [1.29, 1.82) is 0 Å². The van der Waals surface area contributed by atoms with E-state index in [4.69, 9.17) is 16.3 Å². The van der Waals surface area contributed by atoms with Crippen LogP contribution in [0, 0.1) is 0 Å². The Bertz CT molecular complexity index is 334. The quantitative estimate of drug-likeness (QED) is 0.575. The molecule has 0 aliphatic heterocycles. The van der Waals surface area contributed by atoms with Crippen molar-refractivity contribution in [1.82, 2.24) is 9.97 Å². The Kier molecular flexibility index (Phi) is 6.89. The minimum Gasteiger partial charge on any atom is -0.380 e. The summed E-state index contributed by atoms with van der Waals surface area (Å²) in [6.07, 6.45) is 3.05. The zero-order valence-corrected chi connectivity index (χ0v) is 11.3. The van der Waals surface area contributed by atoms with Gasteiger partial charge in [0.25, 0.3) is 0 Å². The van der Waals surface area contributed by atoms with Crippen LogP contribution in [0.3, 0.4) is 0 Å². The highest BCUT2D eigenvalue weighted by Gasteiger charge is 2.00. The number of aryl methyl sites for hydroxylation is 1. The SMILES string of the molecule is CCCCOCCNc1cc(Cl)nc(CC)n1. The van der Waals surface area contributed by atoms with Crippen LogP contribution in [0.4, 0.5) is 5.82 Å². The number of ether oxygens (including phenoxy) is 1. The molecule has 0 saturated heterocycles. The summed E-state index contributed by atoms with van der Waals surface area (Å²) < 4.78 is 5.44. The maximum atomic E-state index is 5.89. The summed E-state index contributed by atoms with van der Waals surface area (Å²) in [7, 11) is 0. The first kappa shape index (κ1) is 14.2. The number of hydrogen-bond acceptors (Lipinski definition) is 4. The molecule has 96 valence electrons. The molecule has 1 N–H and O–H groups in total. The van der Waals surface area contributed by atoms with Gasteiger partial charge in [0.15, 0.2) is 0 Å². The van der Waals surface area contributed by atoms with Crippen LogP contribution in [-0.2, 0) is 11.2 Å². The molecular weight excluding hydrogens is 238 g/mol. The fourth-order valence-electron chi connectivity index (χ4n) is 1.31. The summed E-state index contributed by atoms with van der Waals surface area (Å²) in [6, 6.07) is 1.73. The second kappa shape index (κ2) is 8.25. The molecule has 0 saturated carbocycles. The summed E-state index contributed by atoms with van der Waals surface area (Å²) in [5.74, 6) is 1.52. The largest absolute Gasteiger partial charge is 0.380 e. The second-order valence-electron chi connectivity index (χ2n) is 3.74. The molecule has 0 radical (unpaired) electrons. The highest BCUT2D eigenvalue weighted by Crippen LogP contribution is 2.11. The second-order valence-corrected chi connectivity index (χ2v) is 4.13. The lowest BCUT2D eigenvalue weighted by molar-refractivity contribution is 0.141. The molecule has 0 unspecified atom stereocenters. The number of halogens is 1. The fourth-order valence-corrected chi connectivity index (χ4v) is 1.51. The van der Waals surface area contributed by atoms with Crippen LogP contribution in [0.5, 0.6) is 0 Å². The molecule has 17 heavy (non-hydrogen) atoms. The smallest absolute Gasteiger partial charge is 0.134 e.